The van der Waals surface area contributed by atoms with Gasteiger partial charge in [-0.15, -0.1) is 0 Å². The van der Waals surface area contributed by atoms with Crippen molar-refractivity contribution < 1.29 is 12.8 Å². The van der Waals surface area contributed by atoms with Crippen molar-refractivity contribution in [1.29, 1.82) is 0 Å². The van der Waals surface area contributed by atoms with Crippen LogP contribution in [0.5, 0.6) is 0 Å². The minimum absolute atomic E-state index is 0.0526. The molecule has 0 spiro atoms. The SMILES string of the molecule is Cc1ccc(N)c(C)c1S(=O)(=O)Nc1ccc(Cl)cc1F. The van der Waals surface area contributed by atoms with Crippen LogP contribution < -0.4 is 10.5 Å². The summed E-state index contributed by atoms with van der Waals surface area (Å²) in [6.07, 6.45) is 0. The quantitative estimate of drug-likeness (QED) is 0.847. The maximum absolute atomic E-state index is 13.7. The highest BCUT2D eigenvalue weighted by Crippen LogP contribution is 2.28. The van der Waals surface area contributed by atoms with Gasteiger partial charge in [-0.3, -0.25) is 4.72 Å². The molecule has 0 bridgehead atoms. The number of hydrogen-bond donors (Lipinski definition) is 2. The van der Waals surface area contributed by atoms with Crippen molar-refractivity contribution in [3.8, 4) is 0 Å². The number of nitrogens with one attached hydrogen (secondary N) is 1. The molecule has 0 aliphatic carbocycles. The van der Waals surface area contributed by atoms with Crippen LogP contribution >= 0.6 is 11.6 Å². The van der Waals surface area contributed by atoms with E-state index in [1.54, 1.807) is 26.0 Å². The van der Waals surface area contributed by atoms with Gasteiger partial charge in [0, 0.05) is 10.7 Å². The molecule has 0 atom stereocenters. The summed E-state index contributed by atoms with van der Waals surface area (Å²) in [4.78, 5) is 0.0526. The molecule has 0 aliphatic heterocycles. The number of benzene rings is 2. The molecule has 2 rings (SSSR count). The summed E-state index contributed by atoms with van der Waals surface area (Å²) in [5, 5.41) is 0.187. The van der Waals surface area contributed by atoms with E-state index >= 15 is 0 Å². The van der Waals surface area contributed by atoms with Gasteiger partial charge in [-0.25, -0.2) is 12.8 Å². The summed E-state index contributed by atoms with van der Waals surface area (Å²) < 4.78 is 40.9. The topological polar surface area (TPSA) is 72.2 Å². The van der Waals surface area contributed by atoms with E-state index in [1.165, 1.54) is 12.1 Å². The van der Waals surface area contributed by atoms with Crippen LogP contribution in [-0.4, -0.2) is 8.42 Å². The number of anilines is 2. The molecule has 0 saturated carbocycles. The average Bonchev–Trinajstić information content (AvgIpc) is 2.37. The Balaban J connectivity index is 2.51. The van der Waals surface area contributed by atoms with Crippen LogP contribution in [-0.2, 0) is 10.0 Å². The molecule has 3 N–H and O–H groups in total. The monoisotopic (exact) mass is 328 g/mol. The second kappa shape index (κ2) is 5.54. The van der Waals surface area contributed by atoms with Gasteiger partial charge in [0.2, 0.25) is 0 Å². The fourth-order valence-corrected chi connectivity index (χ4v) is 3.75. The van der Waals surface area contributed by atoms with Crippen molar-refractivity contribution in [2.45, 2.75) is 18.7 Å². The molecule has 112 valence electrons. The van der Waals surface area contributed by atoms with Crippen LogP contribution in [0.3, 0.4) is 0 Å². The third-order valence-electron chi connectivity index (χ3n) is 3.09. The number of nitrogens with two attached hydrogens (primary N) is 1. The molecule has 0 amide bonds. The first-order valence-corrected chi connectivity index (χ1v) is 7.92. The Morgan fingerprint density at radius 2 is 1.86 bits per heavy atom. The smallest absolute Gasteiger partial charge is 0.262 e. The van der Waals surface area contributed by atoms with Crippen molar-refractivity contribution in [1.82, 2.24) is 0 Å². The van der Waals surface area contributed by atoms with E-state index in [2.05, 4.69) is 4.72 Å². The van der Waals surface area contributed by atoms with E-state index in [0.717, 1.165) is 6.07 Å². The Morgan fingerprint density at radius 1 is 1.19 bits per heavy atom. The number of sulfonamides is 1. The summed E-state index contributed by atoms with van der Waals surface area (Å²) >= 11 is 5.64. The molecule has 4 nitrogen and oxygen atoms in total. The van der Waals surface area contributed by atoms with E-state index < -0.39 is 15.8 Å². The van der Waals surface area contributed by atoms with Crippen molar-refractivity contribution >= 4 is 33.0 Å². The first-order valence-electron chi connectivity index (χ1n) is 6.06. The Hall–Kier alpha value is -1.79. The third-order valence-corrected chi connectivity index (χ3v) is 4.98. The molecule has 0 aliphatic rings. The van der Waals surface area contributed by atoms with Crippen molar-refractivity contribution in [2.75, 3.05) is 10.5 Å². The van der Waals surface area contributed by atoms with Crippen molar-refractivity contribution in [3.63, 3.8) is 0 Å². The molecule has 0 aromatic heterocycles. The molecule has 2 aromatic rings. The first-order chi connectivity index (χ1) is 9.72. The lowest BCUT2D eigenvalue weighted by Gasteiger charge is -2.14. The minimum atomic E-state index is -3.95. The second-order valence-corrected chi connectivity index (χ2v) is 6.71. The molecular formula is C14H14ClFN2O2S. The molecule has 0 heterocycles. The van der Waals surface area contributed by atoms with Gasteiger partial charge in [0.25, 0.3) is 10.0 Å². The van der Waals surface area contributed by atoms with E-state index in [-0.39, 0.29) is 15.6 Å². The molecule has 0 radical (unpaired) electrons. The lowest BCUT2D eigenvalue weighted by atomic mass is 10.1. The van der Waals surface area contributed by atoms with Crippen LogP contribution in [0.4, 0.5) is 15.8 Å². The Labute approximate surface area is 127 Å². The fraction of sp³-hybridized carbons (Fsp3) is 0.143. The highest BCUT2D eigenvalue weighted by molar-refractivity contribution is 7.92. The maximum Gasteiger partial charge on any atom is 0.262 e. The van der Waals surface area contributed by atoms with Gasteiger partial charge < -0.3 is 5.73 Å². The van der Waals surface area contributed by atoms with Gasteiger partial charge in [0.1, 0.15) is 5.82 Å². The average molecular weight is 329 g/mol. The van der Waals surface area contributed by atoms with Gasteiger partial charge in [0.15, 0.2) is 0 Å². The summed E-state index contributed by atoms with van der Waals surface area (Å²) in [6.45, 7) is 3.26. The van der Waals surface area contributed by atoms with Crippen LogP contribution in [0.15, 0.2) is 35.2 Å². The van der Waals surface area contributed by atoms with Crippen molar-refractivity contribution in [2.24, 2.45) is 0 Å². The molecule has 7 heteroatoms. The number of aryl methyl sites for hydroxylation is 1. The lowest BCUT2D eigenvalue weighted by Crippen LogP contribution is -2.17. The third kappa shape index (κ3) is 3.11. The zero-order chi connectivity index (χ0) is 15.8. The van der Waals surface area contributed by atoms with Gasteiger partial charge in [-0.05, 0) is 49.2 Å². The van der Waals surface area contributed by atoms with Gasteiger partial charge >= 0.3 is 0 Å². The number of hydrogen-bond acceptors (Lipinski definition) is 3. The van der Waals surface area contributed by atoms with Crippen LogP contribution in [0.2, 0.25) is 5.02 Å². The molecule has 21 heavy (non-hydrogen) atoms. The molecular weight excluding hydrogens is 315 g/mol. The largest absolute Gasteiger partial charge is 0.398 e. The molecule has 0 saturated heterocycles. The molecule has 0 fully saturated rings. The highest BCUT2D eigenvalue weighted by atomic mass is 35.5. The van der Waals surface area contributed by atoms with Gasteiger partial charge in [-0.2, -0.15) is 0 Å². The van der Waals surface area contributed by atoms with E-state index in [9.17, 15) is 12.8 Å². The fourth-order valence-electron chi connectivity index (χ4n) is 2.02. The lowest BCUT2D eigenvalue weighted by molar-refractivity contribution is 0.597. The first kappa shape index (κ1) is 15.6. The zero-order valence-corrected chi connectivity index (χ0v) is 13.0. The number of halogens is 2. The second-order valence-electron chi connectivity index (χ2n) is 4.66. The van der Waals surface area contributed by atoms with E-state index in [1.807, 2.05) is 0 Å². The standard InChI is InChI=1S/C14H14ClFN2O2S/c1-8-3-5-12(17)9(2)14(8)21(19,20)18-13-6-4-10(15)7-11(13)16/h3-7,18H,17H2,1-2H3. The van der Waals surface area contributed by atoms with Crippen molar-refractivity contribution in [3.05, 3.63) is 52.3 Å². The Kier molecular flexibility index (Phi) is 4.11. The van der Waals surface area contributed by atoms with Crippen LogP contribution in [0, 0.1) is 19.7 Å². The van der Waals surface area contributed by atoms with Gasteiger partial charge in [-0.1, -0.05) is 17.7 Å². The van der Waals surface area contributed by atoms with E-state index in [4.69, 9.17) is 17.3 Å². The van der Waals surface area contributed by atoms with Crippen LogP contribution in [0.1, 0.15) is 11.1 Å². The molecule has 0 unspecified atom stereocenters. The minimum Gasteiger partial charge on any atom is -0.398 e. The molecule has 2 aromatic carbocycles. The van der Waals surface area contributed by atoms with E-state index in [0.29, 0.717) is 16.8 Å². The summed E-state index contributed by atoms with van der Waals surface area (Å²) in [7, 11) is -3.95. The summed E-state index contributed by atoms with van der Waals surface area (Å²) in [6, 6.07) is 6.95. The van der Waals surface area contributed by atoms with Gasteiger partial charge in [0.05, 0.1) is 10.6 Å². The van der Waals surface area contributed by atoms with Crippen LogP contribution in [0.25, 0.3) is 0 Å². The predicted molar refractivity (Wildman–Crippen MR) is 82.5 cm³/mol. The number of rotatable bonds is 3. The normalized spacial score (nSPS) is 11.4. The number of nitrogen functional groups attached to an aromatic ring is 1. The Morgan fingerprint density at radius 3 is 2.48 bits per heavy atom. The summed E-state index contributed by atoms with van der Waals surface area (Å²) in [5.74, 6) is -0.745. The predicted octanol–water partition coefficient (Wildman–Crippen LogP) is 3.48. The zero-order valence-electron chi connectivity index (χ0n) is 11.4. The summed E-state index contributed by atoms with van der Waals surface area (Å²) in [5.41, 5.74) is 6.90. The maximum atomic E-state index is 13.7. The highest BCUT2D eigenvalue weighted by Gasteiger charge is 2.22. The Bertz CT molecular complexity index is 807.